The summed E-state index contributed by atoms with van der Waals surface area (Å²) in [4.78, 5) is 25.9. The number of nitrogen functional groups attached to an aromatic ring is 1. The zero-order chi connectivity index (χ0) is 21.8. The first-order valence-corrected chi connectivity index (χ1v) is 10.3. The molecule has 0 radical (unpaired) electrons. The van der Waals surface area contributed by atoms with E-state index in [2.05, 4.69) is 25.6 Å². The second-order valence-electron chi connectivity index (χ2n) is 7.49. The van der Waals surface area contributed by atoms with E-state index in [1.54, 1.807) is 24.3 Å². The zero-order valence-electron chi connectivity index (χ0n) is 17.4. The van der Waals surface area contributed by atoms with Gasteiger partial charge in [0.1, 0.15) is 5.82 Å². The van der Waals surface area contributed by atoms with Crippen LogP contribution in [-0.4, -0.2) is 27.4 Å². The average molecular weight is 419 g/mol. The number of benzene rings is 2. The molecule has 1 fully saturated rings. The van der Waals surface area contributed by atoms with Crippen molar-refractivity contribution in [2.24, 2.45) is 5.84 Å². The van der Waals surface area contributed by atoms with Crippen LogP contribution in [0.2, 0.25) is 0 Å². The van der Waals surface area contributed by atoms with Gasteiger partial charge in [0.05, 0.1) is 17.9 Å². The van der Waals surface area contributed by atoms with Gasteiger partial charge in [-0.2, -0.15) is 15.0 Å². The minimum Gasteiger partial charge on any atom is -0.397 e. The Hall–Kier alpha value is -3.72. The molecule has 0 spiro atoms. The molecule has 0 atom stereocenters. The number of carbonyl (C=O) groups is 1. The Balaban J connectivity index is 1.44. The largest absolute Gasteiger partial charge is 0.397 e. The Bertz CT molecular complexity index is 1070. The fourth-order valence-electron chi connectivity index (χ4n) is 3.10. The molecule has 31 heavy (non-hydrogen) atoms. The number of rotatable bonds is 8. The van der Waals surface area contributed by atoms with E-state index in [1.807, 2.05) is 31.2 Å². The number of hydrazine groups is 1. The Morgan fingerprint density at radius 3 is 2.52 bits per heavy atom. The number of hydrogen-bond donors (Lipinski definition) is 4. The lowest BCUT2D eigenvalue weighted by molar-refractivity contribution is 0.102. The van der Waals surface area contributed by atoms with Crippen LogP contribution in [-0.2, 0) is 6.54 Å². The van der Waals surface area contributed by atoms with Crippen LogP contribution in [0.5, 0.6) is 0 Å². The van der Waals surface area contributed by atoms with Gasteiger partial charge >= 0.3 is 0 Å². The monoisotopic (exact) mass is 418 g/mol. The number of hydrogen-bond acceptors (Lipinski definition) is 8. The van der Waals surface area contributed by atoms with Crippen molar-refractivity contribution in [3.05, 3.63) is 65.5 Å². The molecule has 160 valence electrons. The average Bonchev–Trinajstić information content (AvgIpc) is 3.61. The standard InChI is InChI=1S/C22H26N8O/c1-2-25-21-27-19(15-11-12-15)28-22(29-21)30(24)13-14-7-9-16(10-8-14)20(31)26-18-6-4-3-5-17(18)23/h3-10,15H,2,11-13,23-24H2,1H3,(H,26,31)(H,25,27,28,29). The molecule has 0 unspecified atom stereocenters. The molecule has 1 aliphatic carbocycles. The first kappa shape index (κ1) is 20.5. The van der Waals surface area contributed by atoms with E-state index in [4.69, 9.17) is 11.6 Å². The van der Waals surface area contributed by atoms with Gasteiger partial charge in [-0.25, -0.2) is 5.84 Å². The summed E-state index contributed by atoms with van der Waals surface area (Å²) in [6.45, 7) is 3.10. The fraction of sp³-hybridized carbons (Fsp3) is 0.273. The van der Waals surface area contributed by atoms with Gasteiger partial charge in [-0.05, 0) is 49.6 Å². The first-order chi connectivity index (χ1) is 15.0. The van der Waals surface area contributed by atoms with Gasteiger partial charge in [-0.3, -0.25) is 9.80 Å². The van der Waals surface area contributed by atoms with Crippen molar-refractivity contribution in [1.29, 1.82) is 0 Å². The minimum absolute atomic E-state index is 0.226. The van der Waals surface area contributed by atoms with Crippen molar-refractivity contribution in [2.75, 3.05) is 27.9 Å². The van der Waals surface area contributed by atoms with Gasteiger partial charge in [-0.1, -0.05) is 24.3 Å². The van der Waals surface area contributed by atoms with Crippen LogP contribution in [0.25, 0.3) is 0 Å². The van der Waals surface area contributed by atoms with Gasteiger partial charge in [0, 0.05) is 18.0 Å². The maximum atomic E-state index is 12.5. The van der Waals surface area contributed by atoms with Crippen molar-refractivity contribution in [3.63, 3.8) is 0 Å². The minimum atomic E-state index is -0.226. The molecule has 9 nitrogen and oxygen atoms in total. The molecular weight excluding hydrogens is 392 g/mol. The van der Waals surface area contributed by atoms with E-state index >= 15 is 0 Å². The van der Waals surface area contributed by atoms with Gasteiger partial charge < -0.3 is 16.4 Å². The smallest absolute Gasteiger partial charge is 0.255 e. The molecule has 1 amide bonds. The molecule has 0 saturated heterocycles. The molecule has 6 N–H and O–H groups in total. The lowest BCUT2D eigenvalue weighted by Gasteiger charge is -2.18. The highest BCUT2D eigenvalue weighted by atomic mass is 16.1. The summed E-state index contributed by atoms with van der Waals surface area (Å²) in [6, 6.07) is 14.4. The summed E-state index contributed by atoms with van der Waals surface area (Å²) in [7, 11) is 0. The highest BCUT2D eigenvalue weighted by Gasteiger charge is 2.28. The number of amides is 1. The Morgan fingerprint density at radius 1 is 1.10 bits per heavy atom. The predicted molar refractivity (Wildman–Crippen MR) is 122 cm³/mol. The SMILES string of the molecule is CCNc1nc(C2CC2)nc(N(N)Cc2ccc(C(=O)Nc3ccccc3N)cc2)n1. The molecule has 1 heterocycles. The van der Waals surface area contributed by atoms with Crippen molar-refractivity contribution in [3.8, 4) is 0 Å². The second-order valence-corrected chi connectivity index (χ2v) is 7.49. The van der Waals surface area contributed by atoms with Crippen molar-refractivity contribution >= 4 is 29.2 Å². The number of aromatic nitrogens is 3. The van der Waals surface area contributed by atoms with Crippen molar-refractivity contribution < 1.29 is 4.79 Å². The maximum Gasteiger partial charge on any atom is 0.255 e. The van der Waals surface area contributed by atoms with Crippen LogP contribution in [0.15, 0.2) is 48.5 Å². The number of anilines is 4. The van der Waals surface area contributed by atoms with Crippen LogP contribution < -0.4 is 27.2 Å². The molecule has 3 aromatic rings. The quantitative estimate of drug-likeness (QED) is 0.249. The summed E-state index contributed by atoms with van der Waals surface area (Å²) in [5.74, 6) is 8.17. The predicted octanol–water partition coefficient (Wildman–Crippen LogP) is 2.90. The molecule has 1 aliphatic rings. The van der Waals surface area contributed by atoms with Gasteiger partial charge in [0.2, 0.25) is 11.9 Å². The summed E-state index contributed by atoms with van der Waals surface area (Å²) in [5, 5.41) is 7.45. The van der Waals surface area contributed by atoms with E-state index in [0.29, 0.717) is 41.3 Å². The Kier molecular flexibility index (Phi) is 5.94. The highest BCUT2D eigenvalue weighted by Crippen LogP contribution is 2.38. The fourth-order valence-corrected chi connectivity index (χ4v) is 3.10. The molecule has 4 rings (SSSR count). The lowest BCUT2D eigenvalue weighted by atomic mass is 10.1. The molecule has 1 saturated carbocycles. The van der Waals surface area contributed by atoms with E-state index in [1.165, 1.54) is 5.01 Å². The van der Waals surface area contributed by atoms with Crippen LogP contribution in [0.3, 0.4) is 0 Å². The van der Waals surface area contributed by atoms with E-state index in [0.717, 1.165) is 30.8 Å². The van der Waals surface area contributed by atoms with Crippen LogP contribution in [0.4, 0.5) is 23.3 Å². The maximum absolute atomic E-state index is 12.5. The molecule has 2 aromatic carbocycles. The Labute approximate surface area is 180 Å². The van der Waals surface area contributed by atoms with E-state index in [-0.39, 0.29) is 5.91 Å². The second kappa shape index (κ2) is 8.97. The summed E-state index contributed by atoms with van der Waals surface area (Å²) >= 11 is 0. The van der Waals surface area contributed by atoms with Gasteiger partial charge in [0.25, 0.3) is 5.91 Å². The normalized spacial score (nSPS) is 13.0. The summed E-state index contributed by atoms with van der Waals surface area (Å²) in [6.07, 6.45) is 2.19. The summed E-state index contributed by atoms with van der Waals surface area (Å²) in [5.41, 5.74) is 8.45. The third kappa shape index (κ3) is 5.07. The first-order valence-electron chi connectivity index (χ1n) is 10.3. The van der Waals surface area contributed by atoms with Crippen molar-refractivity contribution in [1.82, 2.24) is 15.0 Å². The highest BCUT2D eigenvalue weighted by molar-refractivity contribution is 6.05. The molecule has 9 heteroatoms. The number of nitrogens with one attached hydrogen (secondary N) is 2. The number of nitrogens with two attached hydrogens (primary N) is 2. The zero-order valence-corrected chi connectivity index (χ0v) is 17.4. The van der Waals surface area contributed by atoms with Crippen molar-refractivity contribution in [2.45, 2.75) is 32.2 Å². The van der Waals surface area contributed by atoms with Gasteiger partial charge in [-0.15, -0.1) is 0 Å². The number of nitrogens with zero attached hydrogens (tertiary/aromatic N) is 4. The van der Waals surface area contributed by atoms with E-state index < -0.39 is 0 Å². The topological polar surface area (TPSA) is 135 Å². The van der Waals surface area contributed by atoms with Crippen LogP contribution in [0, 0.1) is 0 Å². The van der Waals surface area contributed by atoms with Gasteiger partial charge in [0.15, 0.2) is 0 Å². The Morgan fingerprint density at radius 2 is 1.84 bits per heavy atom. The van der Waals surface area contributed by atoms with Crippen LogP contribution >= 0.6 is 0 Å². The summed E-state index contributed by atoms with van der Waals surface area (Å²) < 4.78 is 0. The van der Waals surface area contributed by atoms with E-state index in [9.17, 15) is 4.79 Å². The molecule has 0 bridgehead atoms. The van der Waals surface area contributed by atoms with Crippen LogP contribution in [0.1, 0.15) is 47.4 Å². The number of para-hydroxylation sites is 2. The molecule has 0 aliphatic heterocycles. The number of carbonyl (C=O) groups excluding carboxylic acids is 1. The molecular formula is C22H26N8O. The third-order valence-corrected chi connectivity index (χ3v) is 4.95. The lowest BCUT2D eigenvalue weighted by Crippen LogP contribution is -2.32. The third-order valence-electron chi connectivity index (χ3n) is 4.95. The molecule has 1 aromatic heterocycles.